The third kappa shape index (κ3) is 4.28. The van der Waals surface area contributed by atoms with Gasteiger partial charge in [0.2, 0.25) is 10.0 Å². The van der Waals surface area contributed by atoms with E-state index >= 15 is 0 Å². The largest absolute Gasteiger partial charge is 0.312 e. The average molecular weight is 331 g/mol. The van der Waals surface area contributed by atoms with E-state index in [4.69, 9.17) is 0 Å². The summed E-state index contributed by atoms with van der Waals surface area (Å²) in [6, 6.07) is 3.65. The maximum Gasteiger partial charge on any atom is 0.250 e. The van der Waals surface area contributed by atoms with Crippen LogP contribution in [-0.4, -0.2) is 21.0 Å². The molecule has 1 unspecified atom stereocenters. The van der Waals surface area contributed by atoms with Crippen molar-refractivity contribution in [2.75, 3.05) is 6.54 Å². The molecule has 1 aliphatic carbocycles. The molecule has 2 rings (SSSR count). The van der Waals surface area contributed by atoms with E-state index in [2.05, 4.69) is 23.9 Å². The molecule has 1 saturated carbocycles. The Labute approximate surface area is 132 Å². The van der Waals surface area contributed by atoms with Gasteiger partial charge in [-0.2, -0.15) is 0 Å². The molecule has 0 spiro atoms. The van der Waals surface area contributed by atoms with Gasteiger partial charge in [0.15, 0.2) is 0 Å². The van der Waals surface area contributed by atoms with Gasteiger partial charge in [-0.05, 0) is 36.9 Å². The van der Waals surface area contributed by atoms with Crippen molar-refractivity contribution in [2.45, 2.75) is 63.3 Å². The molecular formula is C15H26N2O2S2. The Morgan fingerprint density at radius 3 is 2.76 bits per heavy atom. The first kappa shape index (κ1) is 16.9. The van der Waals surface area contributed by atoms with Crippen molar-refractivity contribution in [3.05, 3.63) is 17.0 Å². The first-order chi connectivity index (χ1) is 9.85. The van der Waals surface area contributed by atoms with E-state index < -0.39 is 10.0 Å². The molecule has 1 heterocycles. The number of nitrogens with one attached hydrogen (secondary N) is 2. The van der Waals surface area contributed by atoms with E-state index in [1.54, 1.807) is 6.07 Å². The van der Waals surface area contributed by atoms with Crippen LogP contribution in [0.3, 0.4) is 0 Å². The molecule has 1 fully saturated rings. The lowest BCUT2D eigenvalue weighted by atomic mass is 9.74. The number of hydrogen-bond acceptors (Lipinski definition) is 4. The molecule has 0 saturated heterocycles. The third-order valence-corrected chi connectivity index (χ3v) is 7.30. The van der Waals surface area contributed by atoms with Crippen LogP contribution in [0.2, 0.25) is 0 Å². The molecule has 0 aliphatic heterocycles. The van der Waals surface area contributed by atoms with Crippen molar-refractivity contribution in [3.8, 4) is 0 Å². The first-order valence-corrected chi connectivity index (χ1v) is 9.97. The minimum Gasteiger partial charge on any atom is -0.312 e. The van der Waals surface area contributed by atoms with Gasteiger partial charge >= 0.3 is 0 Å². The molecule has 0 radical (unpaired) electrons. The summed E-state index contributed by atoms with van der Waals surface area (Å²) in [4.78, 5) is 1.06. The summed E-state index contributed by atoms with van der Waals surface area (Å²) >= 11 is 1.36. The Morgan fingerprint density at radius 1 is 1.33 bits per heavy atom. The Bertz CT molecular complexity index is 564. The topological polar surface area (TPSA) is 58.2 Å². The molecule has 2 N–H and O–H groups in total. The summed E-state index contributed by atoms with van der Waals surface area (Å²) < 4.78 is 28.5. The third-order valence-electron chi connectivity index (χ3n) is 4.26. The molecule has 1 aromatic heterocycles. The molecule has 0 amide bonds. The fourth-order valence-corrected chi connectivity index (χ4v) is 5.59. The van der Waals surface area contributed by atoms with Gasteiger partial charge in [0, 0.05) is 17.5 Å². The molecule has 6 heteroatoms. The van der Waals surface area contributed by atoms with Crippen molar-refractivity contribution in [1.29, 1.82) is 0 Å². The van der Waals surface area contributed by atoms with Crippen LogP contribution in [0.25, 0.3) is 0 Å². The van der Waals surface area contributed by atoms with Crippen LogP contribution in [0.1, 0.15) is 51.3 Å². The zero-order valence-electron chi connectivity index (χ0n) is 13.1. The highest BCUT2D eigenvalue weighted by Gasteiger charge is 2.35. The van der Waals surface area contributed by atoms with Gasteiger partial charge in [-0.25, -0.2) is 13.1 Å². The van der Waals surface area contributed by atoms with Crippen molar-refractivity contribution in [2.24, 2.45) is 5.41 Å². The quantitative estimate of drug-likeness (QED) is 0.842. The van der Waals surface area contributed by atoms with Crippen LogP contribution in [0.15, 0.2) is 16.3 Å². The molecule has 120 valence electrons. The van der Waals surface area contributed by atoms with Crippen molar-refractivity contribution in [1.82, 2.24) is 10.0 Å². The minimum absolute atomic E-state index is 0.0369. The van der Waals surface area contributed by atoms with Gasteiger partial charge in [-0.1, -0.05) is 33.6 Å². The fraction of sp³-hybridized carbons (Fsp3) is 0.733. The van der Waals surface area contributed by atoms with Gasteiger partial charge in [0.05, 0.1) is 0 Å². The van der Waals surface area contributed by atoms with E-state index in [9.17, 15) is 8.42 Å². The molecule has 1 atom stereocenters. The summed E-state index contributed by atoms with van der Waals surface area (Å²) in [7, 11) is -3.39. The molecule has 0 aromatic carbocycles. The Kier molecular flexibility index (Phi) is 5.46. The standard InChI is InChI=1S/C15H26N2O2S2/c1-4-16-11-12-8-9-14(20-12)21(18,19)17-13-7-5-6-10-15(13,2)3/h8-9,13,16-17H,4-7,10-11H2,1-3H3. The number of rotatable bonds is 6. The van der Waals surface area contributed by atoms with Gasteiger partial charge < -0.3 is 5.32 Å². The number of sulfonamides is 1. The lowest BCUT2D eigenvalue weighted by Crippen LogP contribution is -2.46. The second-order valence-electron chi connectivity index (χ2n) is 6.41. The van der Waals surface area contributed by atoms with Gasteiger partial charge in [-0.3, -0.25) is 0 Å². The molecule has 1 aromatic rings. The van der Waals surface area contributed by atoms with E-state index in [-0.39, 0.29) is 11.5 Å². The van der Waals surface area contributed by atoms with Crippen LogP contribution >= 0.6 is 11.3 Å². The van der Waals surface area contributed by atoms with E-state index in [1.807, 2.05) is 13.0 Å². The molecular weight excluding hydrogens is 304 g/mol. The summed E-state index contributed by atoms with van der Waals surface area (Å²) in [5.41, 5.74) is 0.0369. The zero-order valence-corrected chi connectivity index (χ0v) is 14.7. The Morgan fingerprint density at radius 2 is 2.10 bits per heavy atom. The highest BCUT2D eigenvalue weighted by Crippen LogP contribution is 2.36. The summed E-state index contributed by atoms with van der Waals surface area (Å²) in [5.74, 6) is 0. The average Bonchev–Trinajstić information content (AvgIpc) is 2.88. The van der Waals surface area contributed by atoms with Crippen LogP contribution in [0, 0.1) is 5.41 Å². The molecule has 4 nitrogen and oxygen atoms in total. The van der Waals surface area contributed by atoms with Crippen LogP contribution in [0.4, 0.5) is 0 Å². The minimum atomic E-state index is -3.39. The maximum atomic E-state index is 12.6. The van der Waals surface area contributed by atoms with Gasteiger partial charge in [-0.15, -0.1) is 11.3 Å². The normalized spacial score (nSPS) is 22.3. The maximum absolute atomic E-state index is 12.6. The van der Waals surface area contributed by atoms with E-state index in [0.29, 0.717) is 4.21 Å². The number of thiophene rings is 1. The smallest absolute Gasteiger partial charge is 0.250 e. The van der Waals surface area contributed by atoms with Crippen molar-refractivity contribution < 1.29 is 8.42 Å². The van der Waals surface area contributed by atoms with Crippen LogP contribution in [0.5, 0.6) is 0 Å². The molecule has 0 bridgehead atoms. The fourth-order valence-electron chi connectivity index (χ4n) is 2.80. The summed E-state index contributed by atoms with van der Waals surface area (Å²) in [5, 5.41) is 3.22. The van der Waals surface area contributed by atoms with Crippen molar-refractivity contribution >= 4 is 21.4 Å². The molecule has 21 heavy (non-hydrogen) atoms. The monoisotopic (exact) mass is 330 g/mol. The summed E-state index contributed by atoms with van der Waals surface area (Å²) in [6.45, 7) is 7.97. The van der Waals surface area contributed by atoms with Gasteiger partial charge in [0.1, 0.15) is 4.21 Å². The van der Waals surface area contributed by atoms with E-state index in [0.717, 1.165) is 37.2 Å². The van der Waals surface area contributed by atoms with Crippen LogP contribution in [-0.2, 0) is 16.6 Å². The highest BCUT2D eigenvalue weighted by molar-refractivity contribution is 7.91. The predicted octanol–water partition coefficient (Wildman–Crippen LogP) is 3.10. The van der Waals surface area contributed by atoms with E-state index in [1.165, 1.54) is 17.8 Å². The predicted molar refractivity (Wildman–Crippen MR) is 88.1 cm³/mol. The summed E-state index contributed by atoms with van der Waals surface area (Å²) in [6.07, 6.45) is 4.31. The second-order valence-corrected chi connectivity index (χ2v) is 9.52. The zero-order chi connectivity index (χ0) is 15.5. The first-order valence-electron chi connectivity index (χ1n) is 7.67. The number of hydrogen-bond donors (Lipinski definition) is 2. The van der Waals surface area contributed by atoms with Gasteiger partial charge in [0.25, 0.3) is 0 Å². The Hall–Kier alpha value is -0.430. The Balaban J connectivity index is 2.09. The molecule has 1 aliphatic rings. The lowest BCUT2D eigenvalue weighted by Gasteiger charge is -2.38. The van der Waals surface area contributed by atoms with Crippen molar-refractivity contribution in [3.63, 3.8) is 0 Å². The second kappa shape index (κ2) is 6.77. The van der Waals surface area contributed by atoms with Crippen LogP contribution < -0.4 is 10.0 Å². The highest BCUT2D eigenvalue weighted by atomic mass is 32.2. The SMILES string of the molecule is CCNCc1ccc(S(=O)(=O)NC2CCCCC2(C)C)s1. The lowest BCUT2D eigenvalue weighted by molar-refractivity contribution is 0.188.